The predicted molar refractivity (Wildman–Crippen MR) is 223 cm³/mol. The molecular formula is C47H50ClNO14. The van der Waals surface area contributed by atoms with Gasteiger partial charge in [0.25, 0.3) is 5.91 Å². The lowest BCUT2D eigenvalue weighted by atomic mass is 9.44. The third kappa shape index (κ3) is 7.63. The number of ketones is 1. The van der Waals surface area contributed by atoms with Crippen molar-refractivity contribution in [1.82, 2.24) is 5.32 Å². The normalized spacial score (nSPS) is 31.6. The fourth-order valence-corrected chi connectivity index (χ4v) is 10.5. The number of carbonyl (C=O) groups excluding carboxylic acids is 6. The Morgan fingerprint density at radius 2 is 1.49 bits per heavy atom. The van der Waals surface area contributed by atoms with Crippen molar-refractivity contribution in [3.63, 3.8) is 0 Å². The van der Waals surface area contributed by atoms with Crippen molar-refractivity contribution < 1.29 is 67.8 Å². The number of rotatable bonds is 10. The Kier molecular flexibility index (Phi) is 12.2. The van der Waals surface area contributed by atoms with E-state index in [1.807, 2.05) is 0 Å². The molecule has 3 fully saturated rings. The van der Waals surface area contributed by atoms with Crippen LogP contribution in [-0.4, -0.2) is 105 Å². The minimum atomic E-state index is -2.41. The van der Waals surface area contributed by atoms with Gasteiger partial charge in [-0.3, -0.25) is 19.2 Å². The second-order valence-electron chi connectivity index (χ2n) is 17.5. The van der Waals surface area contributed by atoms with Crippen molar-refractivity contribution in [1.29, 1.82) is 0 Å². The van der Waals surface area contributed by atoms with E-state index in [4.69, 9.17) is 35.3 Å². The van der Waals surface area contributed by atoms with Gasteiger partial charge in [-0.15, -0.1) is 0 Å². The minimum Gasteiger partial charge on any atom is -0.456 e. The monoisotopic (exact) mass is 887 g/mol. The summed E-state index contributed by atoms with van der Waals surface area (Å²) in [7, 11) is 0. The van der Waals surface area contributed by atoms with E-state index in [1.165, 1.54) is 38.1 Å². The molecule has 334 valence electrons. The number of hydrogen-bond acceptors (Lipinski definition) is 14. The first-order chi connectivity index (χ1) is 29.7. The Morgan fingerprint density at radius 1 is 0.873 bits per heavy atom. The molecule has 15 nitrogen and oxygen atoms in total. The molecule has 4 aliphatic rings. The number of nitrogens with one attached hydrogen (secondary N) is 1. The van der Waals surface area contributed by atoms with Gasteiger partial charge in [-0.1, -0.05) is 86.1 Å². The fourth-order valence-electron chi connectivity index (χ4n) is 10.2. The van der Waals surface area contributed by atoms with Crippen molar-refractivity contribution in [3.8, 4) is 0 Å². The maximum atomic E-state index is 15.5. The Morgan fingerprint density at radius 3 is 2.08 bits per heavy atom. The molecule has 63 heavy (non-hydrogen) atoms. The standard InChI is InChI=1S/C47H50ClNO14/c1-24-31(61-43(57)36(53)35(27-15-9-7-10-16-27)49-41(55)29-19-13-14-20-30(29)48)22-47(58)40(62-42(56)28-17-11-8-12-18-28)38-45(6,32(52)21-33-46(38,23-59-33)63-26(3)51)39(54)37(60-25(2)50)34(24)44(47,4)5/h7-20,31-33,35-38,40,52-53,58H,21-23H2,1-6H3,(H,49,55)/t31-,32-,33+,35-,36+,37+,38?,40-,45+,46-,47+/m0/s1. The molecule has 0 radical (unpaired) electrons. The molecule has 1 amide bonds. The highest BCUT2D eigenvalue weighted by Crippen LogP contribution is 2.64. The van der Waals surface area contributed by atoms with Crippen LogP contribution in [-0.2, 0) is 42.9 Å². The summed E-state index contributed by atoms with van der Waals surface area (Å²) in [6.07, 6.45) is -10.7. The van der Waals surface area contributed by atoms with Gasteiger partial charge in [0.05, 0.1) is 46.2 Å². The molecule has 1 heterocycles. The number of amides is 1. The van der Waals surface area contributed by atoms with Crippen LogP contribution < -0.4 is 5.32 Å². The summed E-state index contributed by atoms with van der Waals surface area (Å²) in [5.41, 5.74) is -7.34. The Labute approximate surface area is 368 Å². The highest BCUT2D eigenvalue weighted by molar-refractivity contribution is 6.33. The molecule has 1 unspecified atom stereocenters. The van der Waals surface area contributed by atoms with Crippen LogP contribution in [0.4, 0.5) is 0 Å². The quantitative estimate of drug-likeness (QED) is 0.126. The molecule has 1 saturated heterocycles. The zero-order valence-corrected chi connectivity index (χ0v) is 36.3. The molecular weight excluding hydrogens is 838 g/mol. The minimum absolute atomic E-state index is 0.0171. The van der Waals surface area contributed by atoms with Gasteiger partial charge in [0.15, 0.2) is 23.6 Å². The summed E-state index contributed by atoms with van der Waals surface area (Å²) in [5.74, 6) is -7.04. The SMILES string of the molecule is CC(=O)O[C@H]1C(=O)[C@@]2(C)C([C@H](OC(=O)c3ccccc3)[C@]3(O)C[C@H](OC(=O)[C@H](O)[C@@H](NC(=O)c4ccccc4Cl)c4ccccc4)C(C)=C1C3(C)C)[C@]1(OC(C)=O)CO[C@@H]1C[C@@H]2O. The lowest BCUT2D eigenvalue weighted by molar-refractivity contribution is -0.346. The van der Waals surface area contributed by atoms with Gasteiger partial charge in [0.2, 0.25) is 0 Å². The Hall–Kier alpha value is -5.45. The Bertz CT molecular complexity index is 2350. The summed E-state index contributed by atoms with van der Waals surface area (Å²) in [6.45, 7) is 7.92. The molecule has 7 rings (SSSR count). The van der Waals surface area contributed by atoms with Crippen LogP contribution in [0.3, 0.4) is 0 Å². The molecule has 16 heteroatoms. The third-order valence-electron chi connectivity index (χ3n) is 13.6. The average Bonchev–Trinajstić information content (AvgIpc) is 3.24. The Balaban J connectivity index is 1.39. The van der Waals surface area contributed by atoms with Gasteiger partial charge in [-0.05, 0) is 54.8 Å². The van der Waals surface area contributed by atoms with Gasteiger partial charge in [-0.25, -0.2) is 9.59 Å². The topological polar surface area (TPSA) is 221 Å². The second kappa shape index (κ2) is 16.9. The van der Waals surface area contributed by atoms with Crippen molar-refractivity contribution in [2.75, 3.05) is 6.61 Å². The number of hydrogen-bond donors (Lipinski definition) is 4. The largest absolute Gasteiger partial charge is 0.456 e. The first-order valence-corrected chi connectivity index (χ1v) is 21.0. The van der Waals surface area contributed by atoms with Gasteiger partial charge in [0, 0.05) is 32.1 Å². The maximum Gasteiger partial charge on any atom is 0.338 e. The molecule has 0 spiro atoms. The summed E-state index contributed by atoms with van der Waals surface area (Å²) in [4.78, 5) is 83.7. The van der Waals surface area contributed by atoms with E-state index in [-0.39, 0.29) is 40.3 Å². The van der Waals surface area contributed by atoms with E-state index in [9.17, 15) is 39.3 Å². The first kappa shape index (κ1) is 45.6. The van der Waals surface area contributed by atoms with Crippen LogP contribution in [0.25, 0.3) is 0 Å². The van der Waals surface area contributed by atoms with E-state index >= 15 is 4.79 Å². The summed E-state index contributed by atoms with van der Waals surface area (Å²) in [6, 6.07) is 20.8. The molecule has 4 N–H and O–H groups in total. The van der Waals surface area contributed by atoms with Gasteiger partial charge in [-0.2, -0.15) is 0 Å². The number of esters is 4. The van der Waals surface area contributed by atoms with Crippen LogP contribution in [0, 0.1) is 16.7 Å². The molecule has 3 aliphatic carbocycles. The predicted octanol–water partition coefficient (Wildman–Crippen LogP) is 4.39. The average molecular weight is 888 g/mol. The van der Waals surface area contributed by atoms with Crippen molar-refractivity contribution in [2.24, 2.45) is 16.7 Å². The summed E-state index contributed by atoms with van der Waals surface area (Å²) < 4.78 is 30.3. The van der Waals surface area contributed by atoms with E-state index in [0.29, 0.717) is 5.56 Å². The van der Waals surface area contributed by atoms with E-state index in [2.05, 4.69) is 5.32 Å². The van der Waals surface area contributed by atoms with Crippen LogP contribution in [0.15, 0.2) is 96.1 Å². The molecule has 2 bridgehead atoms. The van der Waals surface area contributed by atoms with E-state index in [1.54, 1.807) is 74.5 Å². The lowest BCUT2D eigenvalue weighted by Crippen LogP contribution is -2.82. The zero-order valence-electron chi connectivity index (χ0n) is 35.5. The highest BCUT2D eigenvalue weighted by Gasteiger charge is 2.78. The molecule has 3 aromatic carbocycles. The second-order valence-corrected chi connectivity index (χ2v) is 17.9. The van der Waals surface area contributed by atoms with Crippen molar-refractivity contribution in [3.05, 3.63) is 118 Å². The number of carbonyl (C=O) groups is 6. The number of aliphatic hydroxyl groups is 3. The molecule has 3 aromatic rings. The van der Waals surface area contributed by atoms with Gasteiger partial charge < -0.3 is 44.3 Å². The third-order valence-corrected chi connectivity index (χ3v) is 13.9. The van der Waals surface area contributed by atoms with Crippen molar-refractivity contribution >= 4 is 47.2 Å². The van der Waals surface area contributed by atoms with Gasteiger partial charge >= 0.3 is 23.9 Å². The molecule has 0 aromatic heterocycles. The number of Topliss-reactive ketones (excluding diaryl/α,β-unsaturated/α-hetero) is 1. The number of fused-ring (bicyclic) bond motifs is 5. The molecule has 1 aliphatic heterocycles. The molecule has 2 saturated carbocycles. The van der Waals surface area contributed by atoms with Crippen LogP contribution in [0.5, 0.6) is 0 Å². The first-order valence-electron chi connectivity index (χ1n) is 20.6. The van der Waals surface area contributed by atoms with Crippen LogP contribution in [0.1, 0.15) is 86.7 Å². The van der Waals surface area contributed by atoms with E-state index < -0.39 is 113 Å². The number of ether oxygens (including phenoxy) is 5. The zero-order chi connectivity index (χ0) is 45.8. The lowest BCUT2D eigenvalue weighted by Gasteiger charge is -2.67. The van der Waals surface area contributed by atoms with E-state index in [0.717, 1.165) is 13.8 Å². The molecule has 11 atom stereocenters. The fraction of sp³-hybridized carbons (Fsp3) is 0.447. The highest BCUT2D eigenvalue weighted by atomic mass is 35.5. The smallest absolute Gasteiger partial charge is 0.338 e. The van der Waals surface area contributed by atoms with Crippen LogP contribution >= 0.6 is 11.6 Å². The number of benzene rings is 3. The van der Waals surface area contributed by atoms with Crippen molar-refractivity contribution in [2.45, 2.75) is 108 Å². The number of halogens is 1. The summed E-state index contributed by atoms with van der Waals surface area (Å²) >= 11 is 6.31. The maximum absolute atomic E-state index is 15.5. The van der Waals surface area contributed by atoms with Gasteiger partial charge in [0.1, 0.15) is 23.9 Å². The van der Waals surface area contributed by atoms with Crippen LogP contribution in [0.2, 0.25) is 5.02 Å². The summed E-state index contributed by atoms with van der Waals surface area (Å²) in [5, 5.41) is 40.4. The number of aliphatic hydroxyl groups excluding tert-OH is 2.